The molecule has 2 atom stereocenters. The molecule has 1 aromatic rings. The van der Waals surface area contributed by atoms with Crippen LogP contribution in [0.25, 0.3) is 0 Å². The summed E-state index contributed by atoms with van der Waals surface area (Å²) in [5.41, 5.74) is 8.17. The summed E-state index contributed by atoms with van der Waals surface area (Å²) in [7, 11) is 3.37. The Morgan fingerprint density at radius 1 is 1.31 bits per heavy atom. The third-order valence-corrected chi connectivity index (χ3v) is 2.48. The molecule has 0 aliphatic carbocycles. The maximum Gasteiger partial charge on any atom is 0.105 e. The van der Waals surface area contributed by atoms with Gasteiger partial charge in [0.2, 0.25) is 0 Å². The highest BCUT2D eigenvalue weighted by molar-refractivity contribution is 5.26. The van der Waals surface area contributed by atoms with Crippen molar-refractivity contribution < 1.29 is 9.47 Å². The summed E-state index contributed by atoms with van der Waals surface area (Å²) in [5, 5.41) is 0. The highest BCUT2D eigenvalue weighted by Crippen LogP contribution is 2.18. The number of hydrogen-bond donors (Lipinski definition) is 1. The number of hydrogen-bond acceptors (Lipinski definition) is 3. The Morgan fingerprint density at radius 2 is 2.06 bits per heavy atom. The molecule has 0 bridgehead atoms. The molecular formula is C13H21NO2. The zero-order valence-corrected chi connectivity index (χ0v) is 10.3. The van der Waals surface area contributed by atoms with Crippen molar-refractivity contribution in [3.05, 3.63) is 35.4 Å². The minimum Gasteiger partial charge on any atom is -0.382 e. The molecule has 3 heteroatoms. The van der Waals surface area contributed by atoms with Gasteiger partial charge in [-0.05, 0) is 24.5 Å². The van der Waals surface area contributed by atoms with E-state index in [-0.39, 0.29) is 12.1 Å². The molecule has 0 radical (unpaired) electrons. The summed E-state index contributed by atoms with van der Waals surface area (Å²) in [5.74, 6) is 0. The summed E-state index contributed by atoms with van der Waals surface area (Å²) in [6, 6.07) is 8.49. The zero-order chi connectivity index (χ0) is 12.0. The van der Waals surface area contributed by atoms with Crippen molar-refractivity contribution in [2.75, 3.05) is 20.8 Å². The fourth-order valence-corrected chi connectivity index (χ4v) is 1.74. The molecule has 1 aromatic carbocycles. The molecule has 0 aliphatic heterocycles. The second kappa shape index (κ2) is 6.63. The lowest BCUT2D eigenvalue weighted by atomic mass is 10.0. The fraction of sp³-hybridized carbons (Fsp3) is 0.538. The number of nitrogens with two attached hydrogens (primary N) is 1. The minimum atomic E-state index is -0.00182. The molecule has 0 aromatic heterocycles. The van der Waals surface area contributed by atoms with E-state index in [0.29, 0.717) is 6.61 Å². The third-order valence-electron chi connectivity index (χ3n) is 2.48. The van der Waals surface area contributed by atoms with E-state index in [1.807, 2.05) is 13.0 Å². The lowest BCUT2D eigenvalue weighted by Crippen LogP contribution is -2.18. The summed E-state index contributed by atoms with van der Waals surface area (Å²) in [6.45, 7) is 2.58. The Hall–Kier alpha value is -0.900. The quantitative estimate of drug-likeness (QED) is 0.801. The van der Waals surface area contributed by atoms with Crippen LogP contribution >= 0.6 is 0 Å². The molecule has 0 amide bonds. The normalized spacial score (nSPS) is 14.8. The van der Waals surface area contributed by atoms with Crippen molar-refractivity contribution in [1.29, 1.82) is 0 Å². The van der Waals surface area contributed by atoms with Crippen molar-refractivity contribution in [3.8, 4) is 0 Å². The Kier molecular flexibility index (Phi) is 5.46. The van der Waals surface area contributed by atoms with E-state index in [4.69, 9.17) is 15.2 Å². The van der Waals surface area contributed by atoms with Gasteiger partial charge in [0.25, 0.3) is 0 Å². The minimum absolute atomic E-state index is 0.00182. The molecule has 0 heterocycles. The number of ether oxygens (including phenoxy) is 2. The summed E-state index contributed by atoms with van der Waals surface area (Å²) in [6.07, 6.45) is 0.884. The van der Waals surface area contributed by atoms with Crippen LogP contribution in [0.5, 0.6) is 0 Å². The average Bonchev–Trinajstić information content (AvgIpc) is 2.25. The van der Waals surface area contributed by atoms with Crippen LogP contribution in [0.3, 0.4) is 0 Å². The topological polar surface area (TPSA) is 44.5 Å². The first-order chi connectivity index (χ1) is 7.67. The molecule has 1 rings (SSSR count). The molecule has 16 heavy (non-hydrogen) atoms. The molecule has 90 valence electrons. The van der Waals surface area contributed by atoms with E-state index in [0.717, 1.165) is 12.0 Å². The van der Waals surface area contributed by atoms with Crippen LogP contribution in [0, 0.1) is 0 Å². The Labute approximate surface area is 97.6 Å². The van der Waals surface area contributed by atoms with Crippen LogP contribution in [0.15, 0.2) is 24.3 Å². The molecule has 2 unspecified atom stereocenters. The Balaban J connectivity index is 2.79. The van der Waals surface area contributed by atoms with Crippen molar-refractivity contribution >= 4 is 0 Å². The predicted octanol–water partition coefficient (Wildman–Crippen LogP) is 1.91. The molecule has 3 nitrogen and oxygen atoms in total. The van der Waals surface area contributed by atoms with E-state index >= 15 is 0 Å². The molecule has 2 N–H and O–H groups in total. The SMILES string of the molecule is COCC(OC)c1cccc(CC(C)N)c1. The van der Waals surface area contributed by atoms with Gasteiger partial charge in [-0.25, -0.2) is 0 Å². The summed E-state index contributed by atoms with van der Waals surface area (Å²) in [4.78, 5) is 0. The lowest BCUT2D eigenvalue weighted by Gasteiger charge is -2.16. The first-order valence-corrected chi connectivity index (χ1v) is 5.53. The second-order valence-electron chi connectivity index (χ2n) is 4.11. The smallest absolute Gasteiger partial charge is 0.105 e. The first-order valence-electron chi connectivity index (χ1n) is 5.53. The number of benzene rings is 1. The maximum atomic E-state index is 5.79. The van der Waals surface area contributed by atoms with Gasteiger partial charge in [-0.2, -0.15) is 0 Å². The highest BCUT2D eigenvalue weighted by atomic mass is 16.5. The lowest BCUT2D eigenvalue weighted by molar-refractivity contribution is 0.0274. The van der Waals surface area contributed by atoms with E-state index < -0.39 is 0 Å². The molecule has 0 saturated carbocycles. The van der Waals surface area contributed by atoms with Gasteiger partial charge in [0, 0.05) is 20.3 Å². The first kappa shape index (κ1) is 13.2. The van der Waals surface area contributed by atoms with Crippen LogP contribution in [0.4, 0.5) is 0 Å². The molecule has 0 fully saturated rings. The van der Waals surface area contributed by atoms with Crippen molar-refractivity contribution in [2.24, 2.45) is 5.73 Å². The third kappa shape index (κ3) is 3.93. The van der Waals surface area contributed by atoms with E-state index in [1.54, 1.807) is 14.2 Å². The van der Waals surface area contributed by atoms with Crippen LogP contribution in [-0.2, 0) is 15.9 Å². The van der Waals surface area contributed by atoms with Gasteiger partial charge in [0.05, 0.1) is 6.61 Å². The molecule has 0 spiro atoms. The fourth-order valence-electron chi connectivity index (χ4n) is 1.74. The predicted molar refractivity (Wildman–Crippen MR) is 65.4 cm³/mol. The van der Waals surface area contributed by atoms with Gasteiger partial charge >= 0.3 is 0 Å². The van der Waals surface area contributed by atoms with Crippen molar-refractivity contribution in [2.45, 2.75) is 25.5 Å². The van der Waals surface area contributed by atoms with Crippen molar-refractivity contribution in [1.82, 2.24) is 0 Å². The van der Waals surface area contributed by atoms with Crippen LogP contribution in [0.2, 0.25) is 0 Å². The van der Waals surface area contributed by atoms with E-state index in [2.05, 4.69) is 18.2 Å². The van der Waals surface area contributed by atoms with Crippen molar-refractivity contribution in [3.63, 3.8) is 0 Å². The zero-order valence-electron chi connectivity index (χ0n) is 10.3. The molecule has 0 saturated heterocycles. The summed E-state index contributed by atoms with van der Waals surface area (Å²) >= 11 is 0. The molecule has 0 aliphatic rings. The standard InChI is InChI=1S/C13H21NO2/c1-10(14)7-11-5-4-6-12(8-11)13(16-3)9-15-2/h4-6,8,10,13H,7,9,14H2,1-3H3. The largest absolute Gasteiger partial charge is 0.382 e. The Bertz CT molecular complexity index is 313. The van der Waals surface area contributed by atoms with Gasteiger partial charge in [0.1, 0.15) is 6.10 Å². The van der Waals surface area contributed by atoms with E-state index in [1.165, 1.54) is 5.56 Å². The highest BCUT2D eigenvalue weighted by Gasteiger charge is 2.10. The summed E-state index contributed by atoms with van der Waals surface area (Å²) < 4.78 is 10.5. The monoisotopic (exact) mass is 223 g/mol. The average molecular weight is 223 g/mol. The maximum absolute atomic E-state index is 5.79. The molecular weight excluding hydrogens is 202 g/mol. The second-order valence-corrected chi connectivity index (χ2v) is 4.11. The van der Waals surface area contributed by atoms with Gasteiger partial charge in [-0.15, -0.1) is 0 Å². The Morgan fingerprint density at radius 3 is 2.62 bits per heavy atom. The van der Waals surface area contributed by atoms with Crippen LogP contribution in [-0.4, -0.2) is 26.9 Å². The van der Waals surface area contributed by atoms with Gasteiger partial charge in [0.15, 0.2) is 0 Å². The van der Waals surface area contributed by atoms with Crippen LogP contribution in [0.1, 0.15) is 24.2 Å². The van der Waals surface area contributed by atoms with Gasteiger partial charge in [-0.3, -0.25) is 0 Å². The van der Waals surface area contributed by atoms with E-state index in [9.17, 15) is 0 Å². The van der Waals surface area contributed by atoms with Crippen LogP contribution < -0.4 is 5.73 Å². The van der Waals surface area contributed by atoms with Gasteiger partial charge < -0.3 is 15.2 Å². The number of methoxy groups -OCH3 is 2. The van der Waals surface area contributed by atoms with Gasteiger partial charge in [-0.1, -0.05) is 24.3 Å². The number of rotatable bonds is 6.